The van der Waals surface area contributed by atoms with Gasteiger partial charge in [0, 0.05) is 11.8 Å². The third-order valence-electron chi connectivity index (χ3n) is 3.07. The van der Waals surface area contributed by atoms with Gasteiger partial charge in [0.2, 0.25) is 10.0 Å². The molecule has 2 aromatic carbocycles. The quantitative estimate of drug-likeness (QED) is 0.755. The molecule has 0 fully saturated rings. The zero-order valence-corrected chi connectivity index (χ0v) is 15.8. The molecule has 130 valence electrons. The molecular weight excluding hydrogens is 395 g/mol. The van der Waals surface area contributed by atoms with Crippen LogP contribution in [0.15, 0.2) is 35.2 Å². The van der Waals surface area contributed by atoms with E-state index >= 15 is 0 Å². The first-order chi connectivity index (χ1) is 10.9. The summed E-state index contributed by atoms with van der Waals surface area (Å²) >= 11 is 12.2. The lowest BCUT2D eigenvalue weighted by Gasteiger charge is -2.15. The Morgan fingerprint density at radius 2 is 1.62 bits per heavy atom. The molecule has 24 heavy (non-hydrogen) atoms. The van der Waals surface area contributed by atoms with Gasteiger partial charge in [0.05, 0.1) is 32.6 Å². The highest BCUT2D eigenvalue weighted by Gasteiger charge is 2.23. The molecule has 0 heterocycles. The summed E-state index contributed by atoms with van der Waals surface area (Å²) in [4.78, 5) is -0.196. The number of nitrogens with one attached hydrogen (secondary N) is 1. The van der Waals surface area contributed by atoms with Gasteiger partial charge in [-0.05, 0) is 23.8 Å². The first kappa shape index (κ1) is 18.9. The lowest BCUT2D eigenvalue weighted by molar-refractivity contribution is 0.601. The Balaban J connectivity index is 2.78. The van der Waals surface area contributed by atoms with Crippen LogP contribution in [0.5, 0.6) is 0 Å². The maximum Gasteiger partial charge on any atom is 0.229 e. The third kappa shape index (κ3) is 4.13. The number of benzene rings is 2. The van der Waals surface area contributed by atoms with E-state index < -0.39 is 19.9 Å². The zero-order valence-electron chi connectivity index (χ0n) is 12.7. The van der Waals surface area contributed by atoms with Crippen LogP contribution in [0.25, 0.3) is 11.1 Å². The van der Waals surface area contributed by atoms with Crippen molar-refractivity contribution >= 4 is 54.4 Å². The first-order valence-corrected chi connectivity index (χ1v) is 11.0. The molecule has 0 unspecified atom stereocenters. The summed E-state index contributed by atoms with van der Waals surface area (Å²) in [5.41, 5.74) is 6.77. The number of hydrogen-bond acceptors (Lipinski definition) is 5. The number of nitrogen functional groups attached to an aromatic ring is 1. The van der Waals surface area contributed by atoms with Gasteiger partial charge in [-0.2, -0.15) is 0 Å². The van der Waals surface area contributed by atoms with E-state index in [1.807, 2.05) is 0 Å². The highest BCUT2D eigenvalue weighted by molar-refractivity contribution is 7.92. The summed E-state index contributed by atoms with van der Waals surface area (Å²) in [7, 11) is -7.37. The van der Waals surface area contributed by atoms with Crippen LogP contribution in [0.1, 0.15) is 0 Å². The maximum absolute atomic E-state index is 12.2. The largest absolute Gasteiger partial charge is 0.398 e. The monoisotopic (exact) mass is 408 g/mol. The van der Waals surface area contributed by atoms with Gasteiger partial charge >= 0.3 is 0 Å². The molecule has 0 aliphatic carbocycles. The topological polar surface area (TPSA) is 106 Å². The van der Waals surface area contributed by atoms with Crippen molar-refractivity contribution < 1.29 is 16.8 Å². The molecule has 10 heteroatoms. The highest BCUT2D eigenvalue weighted by atomic mass is 35.5. The second-order valence-corrected chi connectivity index (χ2v) is 9.67. The van der Waals surface area contributed by atoms with Crippen LogP contribution in [-0.2, 0) is 19.9 Å². The summed E-state index contributed by atoms with van der Waals surface area (Å²) in [6, 6.07) is 7.50. The van der Waals surface area contributed by atoms with Gasteiger partial charge in [-0.15, -0.1) is 0 Å². The molecule has 0 radical (unpaired) electrons. The maximum atomic E-state index is 12.2. The van der Waals surface area contributed by atoms with E-state index in [9.17, 15) is 16.8 Å². The van der Waals surface area contributed by atoms with Gasteiger partial charge in [0.15, 0.2) is 9.84 Å². The van der Waals surface area contributed by atoms with Crippen molar-refractivity contribution in [2.24, 2.45) is 0 Å². The molecule has 0 saturated heterocycles. The van der Waals surface area contributed by atoms with E-state index in [1.54, 1.807) is 12.1 Å². The molecule has 0 aromatic heterocycles. The molecular formula is C14H14Cl2N2O4S2. The van der Waals surface area contributed by atoms with Crippen LogP contribution >= 0.6 is 23.2 Å². The van der Waals surface area contributed by atoms with E-state index in [2.05, 4.69) is 4.72 Å². The normalized spacial score (nSPS) is 12.2. The van der Waals surface area contributed by atoms with Crippen molar-refractivity contribution in [2.75, 3.05) is 23.0 Å². The Labute approximate surface area is 150 Å². The molecule has 0 aliphatic heterocycles. The van der Waals surface area contributed by atoms with Crippen LogP contribution in [-0.4, -0.2) is 29.3 Å². The lowest BCUT2D eigenvalue weighted by atomic mass is 10.0. The Hall–Kier alpha value is -1.48. The fourth-order valence-corrected chi connectivity index (χ4v) is 4.58. The summed E-state index contributed by atoms with van der Waals surface area (Å²) in [5, 5.41) is 0.0507. The van der Waals surface area contributed by atoms with E-state index in [-0.39, 0.29) is 20.6 Å². The highest BCUT2D eigenvalue weighted by Crippen LogP contribution is 2.39. The minimum absolute atomic E-state index is 0.0233. The molecule has 0 saturated carbocycles. The molecule has 0 atom stereocenters. The molecule has 2 aromatic rings. The molecule has 6 nitrogen and oxygen atoms in total. The van der Waals surface area contributed by atoms with Crippen molar-refractivity contribution in [3.63, 3.8) is 0 Å². The predicted molar refractivity (Wildman–Crippen MR) is 97.9 cm³/mol. The summed E-state index contributed by atoms with van der Waals surface area (Å²) in [5.74, 6) is 0. The minimum Gasteiger partial charge on any atom is -0.398 e. The first-order valence-electron chi connectivity index (χ1n) is 6.46. The number of anilines is 2. The summed E-state index contributed by atoms with van der Waals surface area (Å²) in [6.07, 6.45) is 1.93. The molecule has 0 spiro atoms. The van der Waals surface area contributed by atoms with Crippen molar-refractivity contribution in [1.82, 2.24) is 0 Å². The second-order valence-electron chi connectivity index (χ2n) is 5.19. The SMILES string of the molecule is CS(=O)(=O)Nc1ccc(-c2ccc(N)c(Cl)c2)c(S(C)(=O)=O)c1Cl. The number of rotatable bonds is 4. The Morgan fingerprint density at radius 3 is 2.12 bits per heavy atom. The van der Waals surface area contributed by atoms with E-state index in [0.717, 1.165) is 12.5 Å². The van der Waals surface area contributed by atoms with Gasteiger partial charge in [-0.25, -0.2) is 16.8 Å². The second kappa shape index (κ2) is 6.44. The number of halogens is 2. The average Bonchev–Trinajstić information content (AvgIpc) is 2.41. The predicted octanol–water partition coefficient (Wildman–Crippen LogP) is 3.02. The van der Waals surface area contributed by atoms with Crippen LogP contribution in [0.4, 0.5) is 11.4 Å². The molecule has 0 amide bonds. The fraction of sp³-hybridized carbons (Fsp3) is 0.143. The van der Waals surface area contributed by atoms with Gasteiger partial charge in [0.25, 0.3) is 0 Å². The number of nitrogens with two attached hydrogens (primary N) is 1. The molecule has 3 N–H and O–H groups in total. The summed E-state index contributed by atoms with van der Waals surface area (Å²) < 4.78 is 49.4. The average molecular weight is 409 g/mol. The van der Waals surface area contributed by atoms with Gasteiger partial charge in [0.1, 0.15) is 0 Å². The van der Waals surface area contributed by atoms with Crippen molar-refractivity contribution in [2.45, 2.75) is 4.90 Å². The van der Waals surface area contributed by atoms with Gasteiger partial charge in [-0.1, -0.05) is 35.3 Å². The summed E-state index contributed by atoms with van der Waals surface area (Å²) in [6.45, 7) is 0. The lowest BCUT2D eigenvalue weighted by Crippen LogP contribution is -2.11. The molecule has 0 aliphatic rings. The number of sulfone groups is 1. The molecule has 2 rings (SSSR count). The Bertz CT molecular complexity index is 1020. The third-order valence-corrected chi connectivity index (χ3v) is 5.66. The van der Waals surface area contributed by atoms with Crippen LogP contribution in [0.3, 0.4) is 0 Å². The van der Waals surface area contributed by atoms with E-state index in [4.69, 9.17) is 28.9 Å². The molecule has 0 bridgehead atoms. The zero-order chi connectivity index (χ0) is 18.3. The van der Waals surface area contributed by atoms with Gasteiger partial charge < -0.3 is 5.73 Å². The minimum atomic E-state index is -3.75. The van der Waals surface area contributed by atoms with E-state index in [1.165, 1.54) is 18.2 Å². The van der Waals surface area contributed by atoms with E-state index in [0.29, 0.717) is 16.8 Å². The van der Waals surface area contributed by atoms with Crippen LogP contribution in [0, 0.1) is 0 Å². The fourth-order valence-electron chi connectivity index (χ4n) is 2.12. The Kier molecular flexibility index (Phi) is 5.06. The van der Waals surface area contributed by atoms with Crippen LogP contribution in [0.2, 0.25) is 10.0 Å². The smallest absolute Gasteiger partial charge is 0.229 e. The van der Waals surface area contributed by atoms with Crippen LogP contribution < -0.4 is 10.5 Å². The number of sulfonamides is 1. The Morgan fingerprint density at radius 1 is 1.00 bits per heavy atom. The standard InChI is InChI=1S/C14H14Cl2N2O4S2/c1-23(19,20)14-9(8-3-5-11(17)10(15)7-8)4-6-12(13(14)16)18-24(2,21)22/h3-7,18H,17H2,1-2H3. The number of hydrogen-bond donors (Lipinski definition) is 2. The van der Waals surface area contributed by atoms with Crippen molar-refractivity contribution in [1.29, 1.82) is 0 Å². The van der Waals surface area contributed by atoms with Gasteiger partial charge in [-0.3, -0.25) is 4.72 Å². The van der Waals surface area contributed by atoms with Crippen molar-refractivity contribution in [3.05, 3.63) is 40.4 Å². The van der Waals surface area contributed by atoms with Crippen molar-refractivity contribution in [3.8, 4) is 11.1 Å².